The SMILES string of the molecule is C=CCOC=O.Cl.Cl.Cl. The number of ether oxygens (including phenoxy) is 1. The van der Waals surface area contributed by atoms with E-state index in [1.165, 1.54) is 6.08 Å². The molecule has 0 saturated carbocycles. The van der Waals surface area contributed by atoms with Crippen molar-refractivity contribution in [3.8, 4) is 0 Å². The highest BCUT2D eigenvalue weighted by molar-refractivity contribution is 5.86. The lowest BCUT2D eigenvalue weighted by atomic mass is 10.7. The maximum Gasteiger partial charge on any atom is 0.293 e. The van der Waals surface area contributed by atoms with E-state index in [9.17, 15) is 4.79 Å². The van der Waals surface area contributed by atoms with Gasteiger partial charge in [-0.3, -0.25) is 4.79 Å². The predicted molar refractivity (Wildman–Crippen MR) is 44.0 cm³/mol. The van der Waals surface area contributed by atoms with Gasteiger partial charge in [0.25, 0.3) is 6.47 Å². The average molecular weight is 195 g/mol. The van der Waals surface area contributed by atoms with Crippen molar-refractivity contribution in [1.82, 2.24) is 0 Å². The first kappa shape index (κ1) is 23.0. The Labute approximate surface area is 72.9 Å². The Balaban J connectivity index is -0.0000000417. The van der Waals surface area contributed by atoms with Crippen molar-refractivity contribution in [3.05, 3.63) is 12.7 Å². The molecule has 0 heterocycles. The van der Waals surface area contributed by atoms with Crippen LogP contribution in [0.15, 0.2) is 12.7 Å². The molecule has 0 aliphatic heterocycles. The molecular formula is C4H9Cl3O2. The van der Waals surface area contributed by atoms with Gasteiger partial charge in [-0.2, -0.15) is 0 Å². The summed E-state index contributed by atoms with van der Waals surface area (Å²) in [4.78, 5) is 9.29. The van der Waals surface area contributed by atoms with Crippen LogP contribution in [0.1, 0.15) is 0 Å². The Bertz CT molecular complexity index is 49.8. The Hall–Kier alpha value is 0.0800. The molecule has 0 rings (SSSR count). The van der Waals surface area contributed by atoms with Crippen LogP contribution >= 0.6 is 37.2 Å². The second kappa shape index (κ2) is 24.3. The maximum atomic E-state index is 9.29. The zero-order valence-electron chi connectivity index (χ0n) is 4.61. The van der Waals surface area contributed by atoms with Crippen molar-refractivity contribution in [1.29, 1.82) is 0 Å². The van der Waals surface area contributed by atoms with Crippen LogP contribution in [0, 0.1) is 0 Å². The first-order valence-electron chi connectivity index (χ1n) is 1.58. The van der Waals surface area contributed by atoms with Gasteiger partial charge < -0.3 is 4.74 Å². The Kier molecular flexibility index (Phi) is 62.1. The van der Waals surface area contributed by atoms with Gasteiger partial charge in [0.15, 0.2) is 0 Å². The van der Waals surface area contributed by atoms with Gasteiger partial charge in [0.2, 0.25) is 0 Å². The van der Waals surface area contributed by atoms with E-state index >= 15 is 0 Å². The van der Waals surface area contributed by atoms with E-state index in [2.05, 4.69) is 11.3 Å². The first-order valence-corrected chi connectivity index (χ1v) is 1.58. The highest BCUT2D eigenvalue weighted by atomic mass is 35.5. The topological polar surface area (TPSA) is 26.3 Å². The van der Waals surface area contributed by atoms with Crippen molar-refractivity contribution in [2.75, 3.05) is 6.61 Å². The van der Waals surface area contributed by atoms with Crippen LogP contribution in [-0.2, 0) is 9.53 Å². The van der Waals surface area contributed by atoms with E-state index in [1.807, 2.05) is 0 Å². The third-order valence-corrected chi connectivity index (χ3v) is 0.282. The quantitative estimate of drug-likeness (QED) is 0.389. The average Bonchev–Trinajstić information content (AvgIpc) is 1.61. The van der Waals surface area contributed by atoms with Gasteiger partial charge in [0, 0.05) is 0 Å². The Morgan fingerprint density at radius 2 is 1.78 bits per heavy atom. The second-order valence-electron chi connectivity index (χ2n) is 0.718. The number of hydrogen-bond donors (Lipinski definition) is 0. The highest BCUT2D eigenvalue weighted by Crippen LogP contribution is 1.62. The Morgan fingerprint density at radius 1 is 1.33 bits per heavy atom. The fourth-order valence-corrected chi connectivity index (χ4v) is 0.107. The van der Waals surface area contributed by atoms with Crippen molar-refractivity contribution in [3.63, 3.8) is 0 Å². The zero-order chi connectivity index (χ0) is 4.83. The van der Waals surface area contributed by atoms with E-state index in [0.717, 1.165) is 0 Å². The minimum atomic E-state index is 0. The number of hydrogen-bond acceptors (Lipinski definition) is 2. The second-order valence-corrected chi connectivity index (χ2v) is 0.718. The van der Waals surface area contributed by atoms with Crippen LogP contribution in [0.2, 0.25) is 0 Å². The molecule has 0 amide bonds. The molecular weight excluding hydrogens is 186 g/mol. The minimum Gasteiger partial charge on any atom is -0.464 e. The summed E-state index contributed by atoms with van der Waals surface area (Å²) in [5, 5.41) is 0. The summed E-state index contributed by atoms with van der Waals surface area (Å²) in [5.41, 5.74) is 0. The molecule has 0 unspecified atom stereocenters. The molecule has 0 aliphatic rings. The molecule has 0 saturated heterocycles. The molecule has 0 atom stereocenters. The van der Waals surface area contributed by atoms with Crippen LogP contribution in [0.5, 0.6) is 0 Å². The highest BCUT2D eigenvalue weighted by Gasteiger charge is 1.65. The summed E-state index contributed by atoms with van der Waals surface area (Å²) in [6.07, 6.45) is 1.51. The van der Waals surface area contributed by atoms with E-state index in [1.54, 1.807) is 0 Å². The first-order chi connectivity index (χ1) is 2.91. The molecule has 9 heavy (non-hydrogen) atoms. The van der Waals surface area contributed by atoms with E-state index < -0.39 is 0 Å². The normalized spacial score (nSPS) is 4.44. The predicted octanol–water partition coefficient (Wildman–Crippen LogP) is 1.61. The fourth-order valence-electron chi connectivity index (χ4n) is 0.107. The molecule has 0 aromatic heterocycles. The van der Waals surface area contributed by atoms with E-state index in [0.29, 0.717) is 13.1 Å². The van der Waals surface area contributed by atoms with Gasteiger partial charge in [-0.25, -0.2) is 0 Å². The zero-order valence-corrected chi connectivity index (χ0v) is 7.06. The Morgan fingerprint density at radius 3 is 1.89 bits per heavy atom. The van der Waals surface area contributed by atoms with Crippen molar-refractivity contribution >= 4 is 43.7 Å². The van der Waals surface area contributed by atoms with Gasteiger partial charge >= 0.3 is 0 Å². The van der Waals surface area contributed by atoms with Gasteiger partial charge in [-0.1, -0.05) is 12.7 Å². The maximum absolute atomic E-state index is 9.29. The van der Waals surface area contributed by atoms with Gasteiger partial charge in [0.05, 0.1) is 0 Å². The molecule has 5 heteroatoms. The number of halogens is 3. The van der Waals surface area contributed by atoms with Crippen molar-refractivity contribution < 1.29 is 9.53 Å². The van der Waals surface area contributed by atoms with Crippen LogP contribution in [-0.4, -0.2) is 13.1 Å². The largest absolute Gasteiger partial charge is 0.464 e. The van der Waals surface area contributed by atoms with Crippen LogP contribution in [0.4, 0.5) is 0 Å². The molecule has 58 valence electrons. The summed E-state index contributed by atoms with van der Waals surface area (Å²) >= 11 is 0. The summed E-state index contributed by atoms with van der Waals surface area (Å²) in [5.74, 6) is 0. The molecule has 0 bridgehead atoms. The summed E-state index contributed by atoms with van der Waals surface area (Å²) < 4.78 is 4.18. The number of carbonyl (C=O) groups is 1. The fraction of sp³-hybridized carbons (Fsp3) is 0.250. The standard InChI is InChI=1S/C4H6O2.3ClH/c1-2-3-6-4-5;;;/h2,4H,1,3H2;3*1H. The molecule has 0 spiro atoms. The van der Waals surface area contributed by atoms with Crippen molar-refractivity contribution in [2.24, 2.45) is 0 Å². The molecule has 0 aromatic carbocycles. The van der Waals surface area contributed by atoms with E-state index in [4.69, 9.17) is 0 Å². The van der Waals surface area contributed by atoms with Crippen LogP contribution < -0.4 is 0 Å². The van der Waals surface area contributed by atoms with E-state index in [-0.39, 0.29) is 37.2 Å². The smallest absolute Gasteiger partial charge is 0.293 e. The lowest BCUT2D eigenvalue weighted by Crippen LogP contribution is -1.83. The molecule has 0 aliphatic carbocycles. The summed E-state index contributed by atoms with van der Waals surface area (Å²) in [6, 6.07) is 0. The third-order valence-electron chi connectivity index (χ3n) is 0.282. The third kappa shape index (κ3) is 31.5. The molecule has 0 fully saturated rings. The molecule has 2 nitrogen and oxygen atoms in total. The van der Waals surface area contributed by atoms with Gasteiger partial charge in [-0.15, -0.1) is 37.2 Å². The number of rotatable bonds is 3. The van der Waals surface area contributed by atoms with Crippen LogP contribution in [0.3, 0.4) is 0 Å². The summed E-state index contributed by atoms with van der Waals surface area (Å²) in [6.45, 7) is 4.01. The lowest BCUT2D eigenvalue weighted by Gasteiger charge is -1.82. The lowest BCUT2D eigenvalue weighted by molar-refractivity contribution is -0.127. The minimum absolute atomic E-state index is 0. The van der Waals surface area contributed by atoms with Crippen LogP contribution in [0.25, 0.3) is 0 Å². The molecule has 0 aromatic rings. The van der Waals surface area contributed by atoms with Gasteiger partial charge in [-0.05, 0) is 0 Å². The molecule has 0 N–H and O–H groups in total. The van der Waals surface area contributed by atoms with Gasteiger partial charge in [0.1, 0.15) is 6.61 Å². The van der Waals surface area contributed by atoms with Crippen molar-refractivity contribution in [2.45, 2.75) is 0 Å². The monoisotopic (exact) mass is 194 g/mol. The number of carbonyl (C=O) groups excluding carboxylic acids is 1. The summed E-state index contributed by atoms with van der Waals surface area (Å²) in [7, 11) is 0. The molecule has 0 radical (unpaired) electrons.